The minimum absolute atomic E-state index is 0. The van der Waals surface area contributed by atoms with Crippen molar-refractivity contribution < 1.29 is 9.53 Å². The molecule has 7 nitrogen and oxygen atoms in total. The van der Waals surface area contributed by atoms with Gasteiger partial charge in [0.1, 0.15) is 5.60 Å². The molecule has 0 saturated carbocycles. The molecule has 30 heavy (non-hydrogen) atoms. The number of halogens is 1. The number of aromatic nitrogens is 1. The number of carbonyl (C=O) groups excluding carboxylic acids is 1. The SMILES string of the molecule is CN=C(NCCc1ccncc1C)N(C)CCC(NC(=O)OC(C)(C)C)C(C)C.I. The summed E-state index contributed by atoms with van der Waals surface area (Å²) < 4.78 is 5.39. The predicted molar refractivity (Wildman–Crippen MR) is 135 cm³/mol. The van der Waals surface area contributed by atoms with Gasteiger partial charge in [0.25, 0.3) is 0 Å². The minimum atomic E-state index is -0.498. The highest BCUT2D eigenvalue weighted by Gasteiger charge is 2.22. The molecule has 172 valence electrons. The molecule has 1 heterocycles. The molecule has 1 amide bonds. The highest BCUT2D eigenvalue weighted by atomic mass is 127. The first-order chi connectivity index (χ1) is 13.5. The molecule has 0 aliphatic rings. The molecule has 8 heteroatoms. The molecule has 1 rings (SSSR count). The van der Waals surface area contributed by atoms with Gasteiger partial charge >= 0.3 is 6.09 Å². The Balaban J connectivity index is 0.00000841. The van der Waals surface area contributed by atoms with E-state index in [9.17, 15) is 4.79 Å². The maximum atomic E-state index is 12.1. The summed E-state index contributed by atoms with van der Waals surface area (Å²) in [5, 5.41) is 6.42. The number of amides is 1. The number of alkyl carbamates (subject to hydrolysis) is 1. The number of ether oxygens (including phenoxy) is 1. The number of aliphatic imine (C=N–C) groups is 1. The van der Waals surface area contributed by atoms with Gasteiger partial charge in [-0.1, -0.05) is 13.8 Å². The third-order valence-electron chi connectivity index (χ3n) is 4.67. The van der Waals surface area contributed by atoms with E-state index < -0.39 is 5.60 Å². The number of carbonyl (C=O) groups is 1. The maximum absolute atomic E-state index is 12.1. The van der Waals surface area contributed by atoms with Gasteiger partial charge in [-0.15, -0.1) is 24.0 Å². The zero-order chi connectivity index (χ0) is 22.0. The van der Waals surface area contributed by atoms with Crippen molar-refractivity contribution in [1.29, 1.82) is 0 Å². The van der Waals surface area contributed by atoms with E-state index in [2.05, 4.69) is 52.3 Å². The first-order valence-electron chi connectivity index (χ1n) is 10.3. The van der Waals surface area contributed by atoms with Crippen molar-refractivity contribution >= 4 is 36.0 Å². The molecular weight excluding hydrogens is 493 g/mol. The van der Waals surface area contributed by atoms with Crippen molar-refractivity contribution in [3.05, 3.63) is 29.6 Å². The van der Waals surface area contributed by atoms with Crippen LogP contribution in [0.2, 0.25) is 0 Å². The number of rotatable bonds is 8. The van der Waals surface area contributed by atoms with Crippen LogP contribution in [0.4, 0.5) is 4.79 Å². The minimum Gasteiger partial charge on any atom is -0.444 e. The number of nitrogens with zero attached hydrogens (tertiary/aromatic N) is 3. The summed E-state index contributed by atoms with van der Waals surface area (Å²) in [5.41, 5.74) is 1.99. The highest BCUT2D eigenvalue weighted by molar-refractivity contribution is 14.0. The Morgan fingerprint density at radius 1 is 1.33 bits per heavy atom. The van der Waals surface area contributed by atoms with Crippen LogP contribution in [0.5, 0.6) is 0 Å². The molecule has 0 radical (unpaired) electrons. The van der Waals surface area contributed by atoms with Crippen molar-refractivity contribution in [3.8, 4) is 0 Å². The number of hydrogen-bond acceptors (Lipinski definition) is 4. The maximum Gasteiger partial charge on any atom is 0.407 e. The fraction of sp³-hybridized carbons (Fsp3) is 0.682. The van der Waals surface area contributed by atoms with Gasteiger partial charge < -0.3 is 20.3 Å². The fourth-order valence-electron chi connectivity index (χ4n) is 2.95. The Kier molecular flexibility index (Phi) is 12.9. The van der Waals surface area contributed by atoms with Gasteiger partial charge in [0.2, 0.25) is 0 Å². The van der Waals surface area contributed by atoms with E-state index in [-0.39, 0.29) is 36.1 Å². The van der Waals surface area contributed by atoms with Crippen LogP contribution < -0.4 is 10.6 Å². The van der Waals surface area contributed by atoms with Crippen LogP contribution in [0, 0.1) is 12.8 Å². The van der Waals surface area contributed by atoms with Gasteiger partial charge in [0.15, 0.2) is 5.96 Å². The van der Waals surface area contributed by atoms with Crippen LogP contribution in [-0.2, 0) is 11.2 Å². The first-order valence-corrected chi connectivity index (χ1v) is 10.3. The predicted octanol–water partition coefficient (Wildman–Crippen LogP) is 4.00. The normalized spacial score (nSPS) is 12.8. The zero-order valence-electron chi connectivity index (χ0n) is 19.8. The zero-order valence-corrected chi connectivity index (χ0v) is 22.1. The summed E-state index contributed by atoms with van der Waals surface area (Å²) in [6.45, 7) is 13.5. The molecule has 0 spiro atoms. The summed E-state index contributed by atoms with van der Waals surface area (Å²) in [6.07, 6.45) is 5.06. The van der Waals surface area contributed by atoms with Gasteiger partial charge in [-0.25, -0.2) is 4.79 Å². The van der Waals surface area contributed by atoms with Crippen molar-refractivity contribution in [2.75, 3.05) is 27.2 Å². The summed E-state index contributed by atoms with van der Waals surface area (Å²) >= 11 is 0. The topological polar surface area (TPSA) is 78.9 Å². The van der Waals surface area contributed by atoms with E-state index >= 15 is 0 Å². The smallest absolute Gasteiger partial charge is 0.407 e. The molecule has 1 aromatic rings. The number of aryl methyl sites for hydroxylation is 1. The van der Waals surface area contributed by atoms with Gasteiger partial charge in [0.05, 0.1) is 0 Å². The molecule has 0 aliphatic heterocycles. The molecule has 1 atom stereocenters. The molecule has 0 fully saturated rings. The summed E-state index contributed by atoms with van der Waals surface area (Å²) in [5.74, 6) is 1.15. The molecule has 0 aromatic carbocycles. The standard InChI is InChI=1S/C22H39N5O2.HI/c1-16(2)19(26-21(28)29-22(4,5)6)11-14-27(8)20(23-7)25-13-10-18-9-12-24-15-17(18)3;/h9,12,15-16,19H,10-11,13-14H2,1-8H3,(H,23,25)(H,26,28);1H. The van der Waals surface area contributed by atoms with Gasteiger partial charge in [-0.2, -0.15) is 0 Å². The first kappa shape index (κ1) is 28.4. The van der Waals surface area contributed by atoms with E-state index in [0.717, 1.165) is 31.9 Å². The van der Waals surface area contributed by atoms with Gasteiger partial charge in [0, 0.05) is 45.6 Å². The third kappa shape index (κ3) is 11.0. The van der Waals surface area contributed by atoms with Crippen LogP contribution >= 0.6 is 24.0 Å². The Morgan fingerprint density at radius 2 is 2.00 bits per heavy atom. The lowest BCUT2D eigenvalue weighted by atomic mass is 10.0. The molecule has 0 aliphatic carbocycles. The quantitative estimate of drug-likeness (QED) is 0.300. The molecule has 1 aromatic heterocycles. The van der Waals surface area contributed by atoms with Crippen LogP contribution in [0.1, 0.15) is 52.2 Å². The fourth-order valence-corrected chi connectivity index (χ4v) is 2.95. The lowest BCUT2D eigenvalue weighted by Crippen LogP contribution is -2.45. The Bertz CT molecular complexity index is 674. The Labute approximate surface area is 199 Å². The number of pyridine rings is 1. The third-order valence-corrected chi connectivity index (χ3v) is 4.67. The Hall–Kier alpha value is -1.58. The lowest BCUT2D eigenvalue weighted by Gasteiger charge is -2.28. The van der Waals surface area contributed by atoms with Crippen molar-refractivity contribution in [2.24, 2.45) is 10.9 Å². The summed E-state index contributed by atoms with van der Waals surface area (Å²) in [7, 11) is 3.80. The molecule has 1 unspecified atom stereocenters. The lowest BCUT2D eigenvalue weighted by molar-refractivity contribution is 0.0486. The Morgan fingerprint density at radius 3 is 2.53 bits per heavy atom. The van der Waals surface area contributed by atoms with Gasteiger partial charge in [-0.05, 0) is 63.6 Å². The van der Waals surface area contributed by atoms with Crippen molar-refractivity contribution in [3.63, 3.8) is 0 Å². The second kappa shape index (κ2) is 13.7. The highest BCUT2D eigenvalue weighted by Crippen LogP contribution is 2.11. The largest absolute Gasteiger partial charge is 0.444 e. The van der Waals surface area contributed by atoms with E-state index in [0.29, 0.717) is 5.92 Å². The summed E-state index contributed by atoms with van der Waals surface area (Å²) in [6, 6.07) is 2.09. The molecule has 2 N–H and O–H groups in total. The van der Waals surface area contributed by atoms with E-state index in [1.54, 1.807) is 7.05 Å². The van der Waals surface area contributed by atoms with Crippen molar-refractivity contribution in [2.45, 2.75) is 66.0 Å². The van der Waals surface area contributed by atoms with E-state index in [1.165, 1.54) is 11.1 Å². The van der Waals surface area contributed by atoms with E-state index in [4.69, 9.17) is 4.74 Å². The monoisotopic (exact) mass is 533 g/mol. The second-order valence-corrected chi connectivity index (χ2v) is 8.73. The second-order valence-electron chi connectivity index (χ2n) is 8.73. The van der Waals surface area contributed by atoms with Crippen LogP contribution in [0.25, 0.3) is 0 Å². The van der Waals surface area contributed by atoms with Crippen LogP contribution in [-0.4, -0.2) is 60.8 Å². The van der Waals surface area contributed by atoms with Crippen LogP contribution in [0.15, 0.2) is 23.5 Å². The molecule has 0 bridgehead atoms. The molecule has 0 saturated heterocycles. The number of nitrogens with one attached hydrogen (secondary N) is 2. The average molecular weight is 533 g/mol. The van der Waals surface area contributed by atoms with E-state index in [1.807, 2.05) is 40.2 Å². The van der Waals surface area contributed by atoms with Gasteiger partial charge in [-0.3, -0.25) is 9.98 Å². The summed E-state index contributed by atoms with van der Waals surface area (Å²) in [4.78, 5) is 22.7. The van der Waals surface area contributed by atoms with Crippen LogP contribution in [0.3, 0.4) is 0 Å². The number of hydrogen-bond donors (Lipinski definition) is 2. The molecular formula is C22H40IN5O2. The number of guanidine groups is 1. The average Bonchev–Trinajstić information content (AvgIpc) is 2.61. The van der Waals surface area contributed by atoms with Crippen molar-refractivity contribution in [1.82, 2.24) is 20.5 Å².